The Labute approximate surface area is 145 Å². The fraction of sp³-hybridized carbons (Fsp3) is 0.571. The second-order valence-corrected chi connectivity index (χ2v) is 16.6. The first-order chi connectivity index (χ1) is 9.12. The number of hydrogen-bond donors (Lipinski definition) is 0. The molecule has 1 fully saturated rings. The number of rotatable bonds is 3. The van der Waals surface area contributed by atoms with E-state index in [9.17, 15) is 0 Å². The van der Waals surface area contributed by atoms with Gasteiger partial charge in [-0.25, -0.2) is 0 Å². The van der Waals surface area contributed by atoms with Crippen molar-refractivity contribution in [3.63, 3.8) is 0 Å². The number of nitrogens with zero attached hydrogens (tertiary/aromatic N) is 1. The van der Waals surface area contributed by atoms with Crippen molar-refractivity contribution in [1.29, 1.82) is 0 Å². The minimum atomic E-state index is 0.628. The van der Waals surface area contributed by atoms with E-state index in [1.165, 1.54) is 24.1 Å². The molecule has 0 spiro atoms. The van der Waals surface area contributed by atoms with E-state index in [4.69, 9.17) is 4.74 Å². The molecule has 1 aliphatic rings. The molecule has 2 rings (SSSR count). The third kappa shape index (κ3) is 6.12. The molecule has 1 aromatic rings. The Morgan fingerprint density at radius 1 is 1.42 bits per heavy atom. The Balaban J connectivity index is 0.000000550. The van der Waals surface area contributed by atoms with Gasteiger partial charge in [-0.2, -0.15) is 0 Å². The quantitative estimate of drug-likeness (QED) is 0.538. The van der Waals surface area contributed by atoms with Crippen LogP contribution >= 0.6 is 40.0 Å². The van der Waals surface area contributed by atoms with Crippen molar-refractivity contribution in [2.45, 2.75) is 26.2 Å². The zero-order valence-electron chi connectivity index (χ0n) is 11.7. The maximum atomic E-state index is 5.72. The van der Waals surface area contributed by atoms with Gasteiger partial charge in [0.1, 0.15) is 5.75 Å². The standard InChI is InChI=1S/C14H21NO.2HI.V/c1-4-16-14-6-5-11(2)9-13(14)12-7-8-15(3)10-12;;;/h5-6,9,12H,4,7-8,10H2,1-3H3;2*1H;/q;;;+2/p-2/t12-;;;/m1.../s1. The summed E-state index contributed by atoms with van der Waals surface area (Å²) in [6, 6.07) is 6.54. The normalized spacial score (nSPS) is 18.7. The number of aryl methyl sites for hydroxylation is 1. The van der Waals surface area contributed by atoms with Crippen molar-refractivity contribution in [3.8, 4) is 5.75 Å². The molecule has 1 saturated heterocycles. The van der Waals surface area contributed by atoms with Gasteiger partial charge in [0, 0.05) is 12.5 Å². The van der Waals surface area contributed by atoms with Crippen LogP contribution in [0.3, 0.4) is 0 Å². The van der Waals surface area contributed by atoms with Crippen LogP contribution in [-0.2, 0) is 9.47 Å². The molecule has 19 heavy (non-hydrogen) atoms. The third-order valence-electron chi connectivity index (χ3n) is 3.30. The summed E-state index contributed by atoms with van der Waals surface area (Å²) in [6.07, 6.45) is 1.25. The van der Waals surface area contributed by atoms with Gasteiger partial charge in [0.15, 0.2) is 0 Å². The molecule has 1 aromatic carbocycles. The summed E-state index contributed by atoms with van der Waals surface area (Å²) in [5.41, 5.74) is 2.72. The number of hydrogen-bond acceptors (Lipinski definition) is 2. The van der Waals surface area contributed by atoms with Crippen LogP contribution < -0.4 is 4.74 Å². The van der Waals surface area contributed by atoms with E-state index in [0.717, 1.165) is 18.9 Å². The molecule has 1 atom stereocenters. The van der Waals surface area contributed by atoms with Crippen molar-refractivity contribution in [1.82, 2.24) is 4.90 Å². The maximum absolute atomic E-state index is 5.72. The predicted molar refractivity (Wildman–Crippen MR) is 95.2 cm³/mol. The van der Waals surface area contributed by atoms with Crippen molar-refractivity contribution in [3.05, 3.63) is 29.3 Å². The third-order valence-corrected chi connectivity index (χ3v) is 3.30. The van der Waals surface area contributed by atoms with Crippen LogP contribution in [0.15, 0.2) is 18.2 Å². The number of ether oxygens (including phenoxy) is 1. The molecule has 0 unspecified atom stereocenters. The molecule has 0 saturated carbocycles. The zero-order chi connectivity index (χ0) is 14.3. The van der Waals surface area contributed by atoms with Gasteiger partial charge in [-0.15, -0.1) is 0 Å². The molecule has 0 bridgehead atoms. The number of likely N-dealkylation sites (N-methyl/N-ethyl adjacent to an activating group) is 1. The topological polar surface area (TPSA) is 12.5 Å². The number of halogens is 2. The van der Waals surface area contributed by atoms with Gasteiger partial charge in [-0.3, -0.25) is 0 Å². The summed E-state index contributed by atoms with van der Waals surface area (Å²) in [6.45, 7) is 7.30. The van der Waals surface area contributed by atoms with Gasteiger partial charge >= 0.3 is 49.4 Å². The Hall–Kier alpha value is 1.02. The van der Waals surface area contributed by atoms with Crippen LogP contribution in [0, 0.1) is 6.92 Å². The number of benzene rings is 1. The Bertz CT molecular complexity index is 390. The first-order valence-corrected chi connectivity index (χ1v) is 15.5. The summed E-state index contributed by atoms with van der Waals surface area (Å²) in [5, 5.41) is 0. The monoisotopic (exact) mass is 524 g/mol. The summed E-state index contributed by atoms with van der Waals surface area (Å²) in [7, 11) is 2.82. The van der Waals surface area contributed by atoms with Crippen LogP contribution in [-0.4, -0.2) is 31.6 Å². The second-order valence-electron chi connectivity index (χ2n) is 4.79. The van der Waals surface area contributed by atoms with Crippen LogP contribution in [0.25, 0.3) is 0 Å². The summed E-state index contributed by atoms with van der Waals surface area (Å²) < 4.78 is 5.72. The molecule has 0 aliphatic carbocycles. The van der Waals surface area contributed by atoms with Crippen molar-refractivity contribution in [2.75, 3.05) is 26.7 Å². The SMILES string of the molecule is CCOc1ccc(C)cc1[C@@H]1CCN(C)C1.[I][V][I]. The van der Waals surface area contributed by atoms with E-state index in [1.807, 2.05) is 6.92 Å². The molecule has 107 valence electrons. The molecule has 1 aliphatic heterocycles. The van der Waals surface area contributed by atoms with Crippen molar-refractivity contribution >= 4 is 40.0 Å². The van der Waals surface area contributed by atoms with Crippen LogP contribution in [0.2, 0.25) is 0 Å². The van der Waals surface area contributed by atoms with Gasteiger partial charge < -0.3 is 9.64 Å². The van der Waals surface area contributed by atoms with E-state index in [-0.39, 0.29) is 0 Å². The Morgan fingerprint density at radius 3 is 2.63 bits per heavy atom. The zero-order valence-corrected chi connectivity index (χ0v) is 17.4. The van der Waals surface area contributed by atoms with Gasteiger partial charge in [0.25, 0.3) is 0 Å². The predicted octanol–water partition coefficient (Wildman–Crippen LogP) is 4.58. The summed E-state index contributed by atoms with van der Waals surface area (Å²) >= 11 is 4.74. The Morgan fingerprint density at radius 2 is 2.11 bits per heavy atom. The molecule has 0 N–H and O–H groups in total. The van der Waals surface area contributed by atoms with Gasteiger partial charge in [-0.05, 0) is 45.5 Å². The molecule has 0 radical (unpaired) electrons. The molecule has 5 heteroatoms. The van der Waals surface area contributed by atoms with E-state index in [2.05, 4.69) is 77.0 Å². The van der Waals surface area contributed by atoms with E-state index in [1.54, 1.807) is 0 Å². The van der Waals surface area contributed by atoms with Crippen molar-refractivity contribution in [2.24, 2.45) is 0 Å². The summed E-state index contributed by atoms with van der Waals surface area (Å²) in [5.74, 6) is 1.72. The molecule has 0 amide bonds. The minimum absolute atomic E-state index is 0.628. The van der Waals surface area contributed by atoms with Crippen LogP contribution in [0.4, 0.5) is 0 Å². The first-order valence-electron chi connectivity index (χ1n) is 6.46. The Kier molecular flexibility index (Phi) is 9.39. The van der Waals surface area contributed by atoms with Gasteiger partial charge in [-0.1, -0.05) is 17.7 Å². The molecule has 2 nitrogen and oxygen atoms in total. The molecule has 1 heterocycles. The van der Waals surface area contributed by atoms with Crippen LogP contribution in [0.5, 0.6) is 5.75 Å². The summed E-state index contributed by atoms with van der Waals surface area (Å²) in [4.78, 5) is 2.39. The fourth-order valence-electron chi connectivity index (χ4n) is 2.46. The number of likely N-dealkylation sites (tertiary alicyclic amines) is 1. The van der Waals surface area contributed by atoms with Gasteiger partial charge in [0.2, 0.25) is 0 Å². The van der Waals surface area contributed by atoms with E-state index in [0.29, 0.717) is 15.4 Å². The molecule has 0 aromatic heterocycles. The van der Waals surface area contributed by atoms with E-state index < -0.39 is 0 Å². The van der Waals surface area contributed by atoms with Crippen molar-refractivity contribution < 1.29 is 14.2 Å². The van der Waals surface area contributed by atoms with E-state index >= 15 is 0 Å². The van der Waals surface area contributed by atoms with Gasteiger partial charge in [0.05, 0.1) is 6.61 Å². The van der Waals surface area contributed by atoms with Crippen LogP contribution in [0.1, 0.15) is 30.4 Å². The second kappa shape index (κ2) is 9.87. The molecular formula is C14H21I2NOV. The average Bonchev–Trinajstić information content (AvgIpc) is 2.79. The fourth-order valence-corrected chi connectivity index (χ4v) is 2.46. The molecular weight excluding hydrogens is 503 g/mol. The average molecular weight is 524 g/mol. The first kappa shape index (κ1) is 18.1.